The van der Waals surface area contributed by atoms with Crippen LogP contribution in [0.25, 0.3) is 21.6 Å². The molecule has 26 heavy (non-hydrogen) atoms. The molecule has 3 aromatic heterocycles. The van der Waals surface area contributed by atoms with Crippen LogP contribution in [-0.4, -0.2) is 20.4 Å². The van der Waals surface area contributed by atoms with E-state index in [2.05, 4.69) is 15.3 Å². The second kappa shape index (κ2) is 6.72. The van der Waals surface area contributed by atoms with Crippen molar-refractivity contribution in [3.8, 4) is 10.6 Å². The highest BCUT2D eigenvalue weighted by Crippen LogP contribution is 2.31. The third-order valence-electron chi connectivity index (χ3n) is 4.40. The van der Waals surface area contributed by atoms with Gasteiger partial charge in [-0.25, -0.2) is 9.97 Å². The molecule has 130 valence electrons. The number of amides is 1. The minimum absolute atomic E-state index is 0.158. The van der Waals surface area contributed by atoms with Crippen LogP contribution in [-0.2, 0) is 13.6 Å². The summed E-state index contributed by atoms with van der Waals surface area (Å²) < 4.78 is 1.98. The van der Waals surface area contributed by atoms with Gasteiger partial charge in [-0.1, -0.05) is 24.3 Å². The molecule has 0 saturated carbocycles. The SMILES string of the molecule is Cc1ccccc1CNC(=O)c1csc(-c2cn(C)c3ncccc23)n1. The molecule has 4 aromatic rings. The van der Waals surface area contributed by atoms with Crippen LogP contribution in [0.3, 0.4) is 0 Å². The Labute approximate surface area is 155 Å². The highest BCUT2D eigenvalue weighted by atomic mass is 32.1. The Morgan fingerprint density at radius 1 is 1.23 bits per heavy atom. The Hall–Kier alpha value is -2.99. The predicted molar refractivity (Wildman–Crippen MR) is 104 cm³/mol. The first-order chi connectivity index (χ1) is 12.6. The lowest BCUT2D eigenvalue weighted by molar-refractivity contribution is 0.0946. The van der Waals surface area contributed by atoms with Crippen molar-refractivity contribution in [1.29, 1.82) is 0 Å². The van der Waals surface area contributed by atoms with Gasteiger partial charge in [-0.05, 0) is 30.2 Å². The maximum atomic E-state index is 12.5. The second-order valence-electron chi connectivity index (χ2n) is 6.18. The molecule has 0 aliphatic carbocycles. The number of benzene rings is 1. The molecule has 1 N–H and O–H groups in total. The van der Waals surface area contributed by atoms with E-state index >= 15 is 0 Å². The summed E-state index contributed by atoms with van der Waals surface area (Å²) in [5, 5.41) is 6.62. The van der Waals surface area contributed by atoms with Crippen molar-refractivity contribution >= 4 is 28.3 Å². The van der Waals surface area contributed by atoms with E-state index in [0.29, 0.717) is 12.2 Å². The van der Waals surface area contributed by atoms with E-state index in [-0.39, 0.29) is 5.91 Å². The highest BCUT2D eigenvalue weighted by molar-refractivity contribution is 7.13. The zero-order chi connectivity index (χ0) is 18.1. The Balaban J connectivity index is 1.56. The first kappa shape index (κ1) is 16.5. The Morgan fingerprint density at radius 2 is 2.08 bits per heavy atom. The van der Waals surface area contributed by atoms with E-state index in [1.54, 1.807) is 11.6 Å². The Kier molecular flexibility index (Phi) is 4.26. The molecule has 1 amide bonds. The molecule has 0 radical (unpaired) electrons. The van der Waals surface area contributed by atoms with Gasteiger partial charge in [0, 0.05) is 42.3 Å². The monoisotopic (exact) mass is 362 g/mol. The van der Waals surface area contributed by atoms with Crippen molar-refractivity contribution in [2.24, 2.45) is 7.05 Å². The van der Waals surface area contributed by atoms with Gasteiger partial charge in [0.2, 0.25) is 0 Å². The van der Waals surface area contributed by atoms with Gasteiger partial charge in [-0.3, -0.25) is 4.79 Å². The van der Waals surface area contributed by atoms with E-state index in [1.807, 2.05) is 61.1 Å². The zero-order valence-electron chi connectivity index (χ0n) is 14.6. The average molecular weight is 362 g/mol. The van der Waals surface area contributed by atoms with Crippen LogP contribution >= 0.6 is 11.3 Å². The fraction of sp³-hybridized carbons (Fsp3) is 0.150. The topological polar surface area (TPSA) is 59.8 Å². The summed E-state index contributed by atoms with van der Waals surface area (Å²) in [6, 6.07) is 12.0. The zero-order valence-corrected chi connectivity index (χ0v) is 15.4. The summed E-state index contributed by atoms with van der Waals surface area (Å²) in [6.07, 6.45) is 3.78. The molecule has 1 aromatic carbocycles. The summed E-state index contributed by atoms with van der Waals surface area (Å²) in [5.41, 5.74) is 4.62. The third kappa shape index (κ3) is 2.99. The minimum Gasteiger partial charge on any atom is -0.347 e. The van der Waals surface area contributed by atoms with Crippen molar-refractivity contribution in [3.63, 3.8) is 0 Å². The highest BCUT2D eigenvalue weighted by Gasteiger charge is 2.16. The van der Waals surface area contributed by atoms with Crippen LogP contribution < -0.4 is 5.32 Å². The lowest BCUT2D eigenvalue weighted by atomic mass is 10.1. The second-order valence-corrected chi connectivity index (χ2v) is 7.03. The number of pyridine rings is 1. The van der Waals surface area contributed by atoms with Crippen LogP contribution in [0.5, 0.6) is 0 Å². The summed E-state index contributed by atoms with van der Waals surface area (Å²) in [5.74, 6) is -0.158. The summed E-state index contributed by atoms with van der Waals surface area (Å²) in [4.78, 5) is 21.4. The fourth-order valence-corrected chi connectivity index (χ4v) is 3.78. The molecule has 0 saturated heterocycles. The number of carbonyl (C=O) groups is 1. The maximum absolute atomic E-state index is 12.5. The fourth-order valence-electron chi connectivity index (χ4n) is 2.96. The molecular formula is C20H18N4OS. The summed E-state index contributed by atoms with van der Waals surface area (Å²) >= 11 is 1.47. The molecule has 0 unspecified atom stereocenters. The quantitative estimate of drug-likeness (QED) is 0.598. The van der Waals surface area contributed by atoms with Crippen LogP contribution in [0.15, 0.2) is 54.2 Å². The van der Waals surface area contributed by atoms with Gasteiger partial charge in [0.05, 0.1) is 0 Å². The molecule has 6 heteroatoms. The molecule has 3 heterocycles. The number of aryl methyl sites for hydroxylation is 2. The third-order valence-corrected chi connectivity index (χ3v) is 5.28. The van der Waals surface area contributed by atoms with Gasteiger partial charge < -0.3 is 9.88 Å². The van der Waals surface area contributed by atoms with Crippen LogP contribution in [0.4, 0.5) is 0 Å². The molecule has 4 rings (SSSR count). The number of hydrogen-bond acceptors (Lipinski definition) is 4. The van der Waals surface area contributed by atoms with E-state index in [9.17, 15) is 4.79 Å². The first-order valence-electron chi connectivity index (χ1n) is 8.32. The maximum Gasteiger partial charge on any atom is 0.271 e. The number of nitrogens with one attached hydrogen (secondary N) is 1. The van der Waals surface area contributed by atoms with Gasteiger partial charge in [0.25, 0.3) is 5.91 Å². The average Bonchev–Trinajstić information content (AvgIpc) is 3.26. The molecule has 0 spiro atoms. The van der Waals surface area contributed by atoms with Crippen LogP contribution in [0, 0.1) is 6.92 Å². The van der Waals surface area contributed by atoms with E-state index in [1.165, 1.54) is 11.3 Å². The predicted octanol–water partition coefficient (Wildman–Crippen LogP) is 3.94. The number of hydrogen-bond donors (Lipinski definition) is 1. The minimum atomic E-state index is -0.158. The summed E-state index contributed by atoms with van der Waals surface area (Å²) in [7, 11) is 1.96. The number of fused-ring (bicyclic) bond motifs is 1. The number of rotatable bonds is 4. The first-order valence-corrected chi connectivity index (χ1v) is 9.20. The molecule has 0 atom stereocenters. The molecular weight excluding hydrogens is 344 g/mol. The smallest absolute Gasteiger partial charge is 0.271 e. The standard InChI is InChI=1S/C20H18N4OS/c1-13-6-3-4-7-14(13)10-22-19(25)17-12-26-20(23-17)16-11-24(2)18-15(16)8-5-9-21-18/h3-9,11-12H,10H2,1-2H3,(H,22,25). The van der Waals surface area contributed by atoms with Gasteiger partial charge in [-0.2, -0.15) is 0 Å². The van der Waals surface area contributed by atoms with Crippen molar-refractivity contribution in [2.45, 2.75) is 13.5 Å². The lowest BCUT2D eigenvalue weighted by Crippen LogP contribution is -2.23. The largest absolute Gasteiger partial charge is 0.347 e. The van der Waals surface area contributed by atoms with Gasteiger partial charge in [0.1, 0.15) is 16.3 Å². The van der Waals surface area contributed by atoms with Gasteiger partial charge in [0.15, 0.2) is 0 Å². The molecule has 0 fully saturated rings. The van der Waals surface area contributed by atoms with Crippen LogP contribution in [0.2, 0.25) is 0 Å². The number of thiazole rings is 1. The van der Waals surface area contributed by atoms with Crippen LogP contribution in [0.1, 0.15) is 21.6 Å². The van der Waals surface area contributed by atoms with Crippen molar-refractivity contribution in [1.82, 2.24) is 19.9 Å². The summed E-state index contributed by atoms with van der Waals surface area (Å²) in [6.45, 7) is 2.54. The van der Waals surface area contributed by atoms with E-state index < -0.39 is 0 Å². The number of nitrogens with zero attached hydrogens (tertiary/aromatic N) is 3. The molecule has 0 bridgehead atoms. The van der Waals surface area contributed by atoms with Gasteiger partial charge >= 0.3 is 0 Å². The Bertz CT molecular complexity index is 1100. The van der Waals surface area contributed by atoms with Crippen molar-refractivity contribution in [3.05, 3.63) is 71.0 Å². The van der Waals surface area contributed by atoms with E-state index in [4.69, 9.17) is 0 Å². The van der Waals surface area contributed by atoms with Crippen molar-refractivity contribution in [2.75, 3.05) is 0 Å². The molecule has 0 aliphatic rings. The van der Waals surface area contributed by atoms with Gasteiger partial charge in [-0.15, -0.1) is 11.3 Å². The number of aromatic nitrogens is 3. The normalized spacial score (nSPS) is 11.0. The lowest BCUT2D eigenvalue weighted by Gasteiger charge is -2.06. The van der Waals surface area contributed by atoms with Crippen molar-refractivity contribution < 1.29 is 4.79 Å². The molecule has 5 nitrogen and oxygen atoms in total. The molecule has 0 aliphatic heterocycles. The number of carbonyl (C=O) groups excluding carboxylic acids is 1. The Morgan fingerprint density at radius 3 is 2.92 bits per heavy atom. The van der Waals surface area contributed by atoms with E-state index in [0.717, 1.165) is 32.7 Å².